The molecule has 3 saturated heterocycles. The van der Waals surface area contributed by atoms with Gasteiger partial charge in [-0.2, -0.15) is 17.0 Å². The molecule has 1 amide bonds. The summed E-state index contributed by atoms with van der Waals surface area (Å²) in [5, 5.41) is 2.85. The summed E-state index contributed by atoms with van der Waals surface area (Å²) in [5.74, 6) is 0. The maximum atomic E-state index is 13.1. The van der Waals surface area contributed by atoms with Gasteiger partial charge in [-0.3, -0.25) is 0 Å². The molecule has 150 valence electrons. The van der Waals surface area contributed by atoms with Crippen LogP contribution in [0.5, 0.6) is 0 Å². The van der Waals surface area contributed by atoms with Gasteiger partial charge in [0.15, 0.2) is 0 Å². The van der Waals surface area contributed by atoms with E-state index in [9.17, 15) is 13.2 Å². The molecule has 9 heteroatoms. The van der Waals surface area contributed by atoms with E-state index in [0.717, 1.165) is 25.7 Å². The third kappa shape index (κ3) is 4.32. The van der Waals surface area contributed by atoms with Gasteiger partial charge in [-0.25, -0.2) is 4.79 Å². The highest BCUT2D eigenvalue weighted by molar-refractivity contribution is 7.86. The Morgan fingerprint density at radius 1 is 1.08 bits per heavy atom. The van der Waals surface area contributed by atoms with Crippen LogP contribution in [0.2, 0.25) is 0 Å². The minimum atomic E-state index is -3.46. The maximum absolute atomic E-state index is 13.1. The van der Waals surface area contributed by atoms with Crippen molar-refractivity contribution in [2.24, 2.45) is 5.73 Å². The van der Waals surface area contributed by atoms with E-state index in [4.69, 9.17) is 10.5 Å². The first kappa shape index (κ1) is 19.9. The molecular weight excluding hydrogens is 356 g/mol. The second kappa shape index (κ2) is 7.26. The van der Waals surface area contributed by atoms with Gasteiger partial charge in [0, 0.05) is 37.3 Å². The number of nitrogens with two attached hydrogens (primary N) is 1. The number of ether oxygens (including phenoxy) is 1. The number of hydrogen-bond acceptors (Lipinski definition) is 5. The van der Waals surface area contributed by atoms with Gasteiger partial charge in [0.1, 0.15) is 5.60 Å². The average molecular weight is 389 g/mol. The third-order valence-corrected chi connectivity index (χ3v) is 7.62. The van der Waals surface area contributed by atoms with Crippen LogP contribution in [-0.4, -0.2) is 66.0 Å². The quantitative estimate of drug-likeness (QED) is 0.755. The SMILES string of the molecule is CC(C)(C)OC(=O)NC1CCN(S(=O)(=O)N2[C@@H]3CC[C@H]2C[C@@H](N)C3)CC1. The van der Waals surface area contributed by atoms with Gasteiger partial charge < -0.3 is 15.8 Å². The average Bonchev–Trinajstić information content (AvgIpc) is 2.79. The van der Waals surface area contributed by atoms with Crippen molar-refractivity contribution in [3.05, 3.63) is 0 Å². The molecule has 3 N–H and O–H groups in total. The molecule has 26 heavy (non-hydrogen) atoms. The Kier molecular flexibility index (Phi) is 5.54. The molecule has 0 radical (unpaired) electrons. The topological polar surface area (TPSA) is 105 Å². The highest BCUT2D eigenvalue weighted by Crippen LogP contribution is 2.38. The number of hydrogen-bond donors (Lipinski definition) is 2. The van der Waals surface area contributed by atoms with Gasteiger partial charge in [0.2, 0.25) is 0 Å². The van der Waals surface area contributed by atoms with Crippen molar-refractivity contribution >= 4 is 16.3 Å². The minimum Gasteiger partial charge on any atom is -0.444 e. The van der Waals surface area contributed by atoms with Crippen LogP contribution in [0.1, 0.15) is 59.3 Å². The van der Waals surface area contributed by atoms with Gasteiger partial charge in [-0.15, -0.1) is 0 Å². The van der Waals surface area contributed by atoms with Crippen LogP contribution in [0.4, 0.5) is 4.79 Å². The Balaban J connectivity index is 1.55. The number of nitrogens with one attached hydrogen (secondary N) is 1. The molecule has 0 spiro atoms. The molecule has 3 rings (SSSR count). The highest BCUT2D eigenvalue weighted by atomic mass is 32.2. The largest absolute Gasteiger partial charge is 0.444 e. The zero-order valence-electron chi connectivity index (χ0n) is 16.0. The number of carbonyl (C=O) groups excluding carboxylic acids is 1. The highest BCUT2D eigenvalue weighted by Gasteiger charge is 2.48. The summed E-state index contributed by atoms with van der Waals surface area (Å²) in [7, 11) is -3.46. The van der Waals surface area contributed by atoms with Gasteiger partial charge in [-0.05, 0) is 59.3 Å². The number of amides is 1. The molecule has 3 fully saturated rings. The van der Waals surface area contributed by atoms with Crippen molar-refractivity contribution in [3.63, 3.8) is 0 Å². The van der Waals surface area contributed by atoms with Crippen molar-refractivity contribution in [1.82, 2.24) is 13.9 Å². The Morgan fingerprint density at radius 2 is 1.62 bits per heavy atom. The number of fused-ring (bicyclic) bond motifs is 2. The van der Waals surface area contributed by atoms with E-state index in [1.54, 1.807) is 8.61 Å². The van der Waals surface area contributed by atoms with Crippen molar-refractivity contribution in [3.8, 4) is 0 Å². The zero-order valence-corrected chi connectivity index (χ0v) is 16.8. The number of carbonyl (C=O) groups is 1. The van der Waals surface area contributed by atoms with Crippen LogP contribution >= 0.6 is 0 Å². The lowest BCUT2D eigenvalue weighted by Gasteiger charge is -2.41. The zero-order chi connectivity index (χ0) is 19.1. The standard InChI is InChI=1S/C17H32N4O4S/c1-17(2,3)25-16(22)19-13-6-8-20(9-7-13)26(23,24)21-14-4-5-15(21)11-12(18)10-14/h12-15H,4-11,18H2,1-3H3,(H,19,22)/t12-,14+,15-. The molecule has 3 aliphatic heterocycles. The summed E-state index contributed by atoms with van der Waals surface area (Å²) in [6, 6.07) is 0.156. The van der Waals surface area contributed by atoms with E-state index < -0.39 is 21.9 Å². The second-order valence-electron chi connectivity index (χ2n) is 8.77. The Labute approximate surface area is 156 Å². The lowest BCUT2D eigenvalue weighted by molar-refractivity contribution is 0.0489. The molecule has 0 aromatic carbocycles. The first-order valence-corrected chi connectivity index (χ1v) is 11.0. The van der Waals surface area contributed by atoms with Crippen molar-refractivity contribution in [1.29, 1.82) is 0 Å². The number of nitrogens with zero attached hydrogens (tertiary/aromatic N) is 2. The molecule has 0 saturated carbocycles. The number of piperidine rings is 2. The van der Waals surface area contributed by atoms with Gasteiger partial charge in [0.05, 0.1) is 0 Å². The molecule has 3 aliphatic rings. The summed E-state index contributed by atoms with van der Waals surface area (Å²) in [6.07, 6.45) is 4.09. The first-order chi connectivity index (χ1) is 12.1. The minimum absolute atomic E-state index is 0.0476. The molecular formula is C17H32N4O4S. The van der Waals surface area contributed by atoms with E-state index in [1.165, 1.54) is 0 Å². The fourth-order valence-corrected chi connectivity index (χ4v) is 6.47. The second-order valence-corrected chi connectivity index (χ2v) is 10.6. The smallest absolute Gasteiger partial charge is 0.407 e. The summed E-state index contributed by atoms with van der Waals surface area (Å²) in [4.78, 5) is 11.9. The predicted molar refractivity (Wildman–Crippen MR) is 98.7 cm³/mol. The fraction of sp³-hybridized carbons (Fsp3) is 0.941. The van der Waals surface area contributed by atoms with Crippen molar-refractivity contribution in [2.75, 3.05) is 13.1 Å². The monoisotopic (exact) mass is 388 g/mol. The molecule has 0 aliphatic carbocycles. The number of rotatable bonds is 3. The summed E-state index contributed by atoms with van der Waals surface area (Å²) >= 11 is 0. The van der Waals surface area contributed by atoms with Crippen molar-refractivity contribution in [2.45, 2.75) is 89.1 Å². The molecule has 0 unspecified atom stereocenters. The molecule has 8 nitrogen and oxygen atoms in total. The first-order valence-electron chi connectivity index (χ1n) is 9.60. The van der Waals surface area contributed by atoms with Gasteiger partial charge in [0.25, 0.3) is 10.2 Å². The van der Waals surface area contributed by atoms with E-state index in [2.05, 4.69) is 5.32 Å². The van der Waals surface area contributed by atoms with Crippen LogP contribution in [0.15, 0.2) is 0 Å². The number of alkyl carbamates (subject to hydrolysis) is 1. The van der Waals surface area contributed by atoms with Crippen LogP contribution in [0, 0.1) is 0 Å². The normalized spacial score (nSPS) is 31.8. The Hall–Kier alpha value is -0.900. The fourth-order valence-electron chi connectivity index (χ4n) is 4.39. The lowest BCUT2D eigenvalue weighted by Crippen LogP contribution is -2.57. The Morgan fingerprint density at radius 3 is 2.12 bits per heavy atom. The van der Waals surface area contributed by atoms with Crippen molar-refractivity contribution < 1.29 is 17.9 Å². The molecule has 0 aromatic heterocycles. The van der Waals surface area contributed by atoms with E-state index >= 15 is 0 Å². The van der Waals surface area contributed by atoms with Gasteiger partial charge >= 0.3 is 6.09 Å². The maximum Gasteiger partial charge on any atom is 0.407 e. The molecule has 3 atom stereocenters. The van der Waals surface area contributed by atoms with Crippen LogP contribution in [0.25, 0.3) is 0 Å². The lowest BCUT2D eigenvalue weighted by atomic mass is 10.0. The molecule has 3 heterocycles. The summed E-state index contributed by atoms with van der Waals surface area (Å²) in [6.45, 7) is 6.30. The van der Waals surface area contributed by atoms with E-state index in [-0.39, 0.29) is 24.2 Å². The molecule has 2 bridgehead atoms. The van der Waals surface area contributed by atoms with Crippen LogP contribution in [0.3, 0.4) is 0 Å². The van der Waals surface area contributed by atoms with E-state index in [1.807, 2.05) is 20.8 Å². The Bertz CT molecular complexity index is 611. The summed E-state index contributed by atoms with van der Waals surface area (Å²) < 4.78 is 34.8. The third-order valence-electron chi connectivity index (χ3n) is 5.47. The van der Waals surface area contributed by atoms with E-state index in [0.29, 0.717) is 25.9 Å². The van der Waals surface area contributed by atoms with Crippen LogP contribution < -0.4 is 11.1 Å². The predicted octanol–water partition coefficient (Wildman–Crippen LogP) is 1.17. The summed E-state index contributed by atoms with van der Waals surface area (Å²) in [5.41, 5.74) is 5.52. The van der Waals surface area contributed by atoms with Crippen LogP contribution in [-0.2, 0) is 14.9 Å². The molecule has 0 aromatic rings. The van der Waals surface area contributed by atoms with Gasteiger partial charge in [-0.1, -0.05) is 0 Å².